The van der Waals surface area contributed by atoms with E-state index in [4.69, 9.17) is 14.6 Å². The molecule has 0 aliphatic heterocycles. The van der Waals surface area contributed by atoms with E-state index in [0.29, 0.717) is 11.4 Å². The number of nitrogens with zero attached hydrogens (tertiary/aromatic N) is 2. The Morgan fingerprint density at radius 2 is 2.00 bits per heavy atom. The third-order valence-electron chi connectivity index (χ3n) is 4.70. The average molecular weight is 390 g/mol. The number of carboxylic acid groups (broad SMARTS) is 1. The standard InChI is InChI=1S/C23H22N2O4/c1-2-12-28-13-11-18-19-5-3-4-6-21(19)25-22(20(18)14-24)29-15-16-7-9-17(10-8-16)23(26)27/h2,7-13H,3-6,15H2,1H3,(H,26,27)/b12-2-,13-11+. The summed E-state index contributed by atoms with van der Waals surface area (Å²) in [6, 6.07) is 8.67. The van der Waals surface area contributed by atoms with Crippen molar-refractivity contribution in [2.45, 2.75) is 39.2 Å². The van der Waals surface area contributed by atoms with Crippen LogP contribution >= 0.6 is 0 Å². The number of aromatic nitrogens is 1. The zero-order valence-corrected chi connectivity index (χ0v) is 16.2. The fraction of sp³-hybridized carbons (Fsp3) is 0.261. The van der Waals surface area contributed by atoms with Gasteiger partial charge in [0.15, 0.2) is 0 Å². The van der Waals surface area contributed by atoms with Crippen LogP contribution in [0, 0.1) is 11.3 Å². The van der Waals surface area contributed by atoms with Crippen molar-refractivity contribution in [3.05, 3.63) is 76.4 Å². The maximum atomic E-state index is 11.0. The van der Waals surface area contributed by atoms with Gasteiger partial charge in [-0.1, -0.05) is 18.2 Å². The molecule has 1 aromatic heterocycles. The number of rotatable bonds is 7. The lowest BCUT2D eigenvalue weighted by molar-refractivity contribution is 0.0697. The van der Waals surface area contributed by atoms with E-state index in [2.05, 4.69) is 11.1 Å². The van der Waals surface area contributed by atoms with Crippen LogP contribution < -0.4 is 4.74 Å². The van der Waals surface area contributed by atoms with Crippen LogP contribution in [0.5, 0.6) is 5.88 Å². The number of aryl methyl sites for hydroxylation is 1. The van der Waals surface area contributed by atoms with E-state index in [1.807, 2.05) is 6.92 Å². The van der Waals surface area contributed by atoms with Crippen molar-refractivity contribution in [1.29, 1.82) is 5.26 Å². The predicted octanol–water partition coefficient (Wildman–Crippen LogP) is 4.63. The summed E-state index contributed by atoms with van der Waals surface area (Å²) >= 11 is 0. The van der Waals surface area contributed by atoms with Gasteiger partial charge in [0.2, 0.25) is 5.88 Å². The second kappa shape index (κ2) is 9.56. The van der Waals surface area contributed by atoms with Crippen molar-refractivity contribution in [2.24, 2.45) is 0 Å². The van der Waals surface area contributed by atoms with E-state index in [-0.39, 0.29) is 12.2 Å². The molecule has 0 saturated carbocycles. The molecule has 29 heavy (non-hydrogen) atoms. The zero-order valence-electron chi connectivity index (χ0n) is 16.2. The molecule has 0 fully saturated rings. The molecule has 148 valence electrons. The van der Waals surface area contributed by atoms with Gasteiger partial charge in [0.1, 0.15) is 18.2 Å². The van der Waals surface area contributed by atoms with Crippen molar-refractivity contribution in [1.82, 2.24) is 4.98 Å². The first kappa shape index (κ1) is 20.2. The molecule has 0 saturated heterocycles. The molecule has 0 radical (unpaired) electrons. The van der Waals surface area contributed by atoms with Gasteiger partial charge in [0.25, 0.3) is 0 Å². The van der Waals surface area contributed by atoms with Crippen LogP contribution in [0.3, 0.4) is 0 Å². The number of pyridine rings is 1. The molecule has 1 N–H and O–H groups in total. The number of aromatic carboxylic acids is 1. The van der Waals surface area contributed by atoms with Crippen LogP contribution in [-0.4, -0.2) is 16.1 Å². The first-order valence-electron chi connectivity index (χ1n) is 9.48. The molecule has 0 atom stereocenters. The second-order valence-electron chi connectivity index (χ2n) is 6.65. The van der Waals surface area contributed by atoms with Gasteiger partial charge < -0.3 is 14.6 Å². The number of benzene rings is 1. The molecular formula is C23H22N2O4. The summed E-state index contributed by atoms with van der Waals surface area (Å²) in [4.78, 5) is 15.6. The Kier molecular flexibility index (Phi) is 6.64. The highest BCUT2D eigenvalue weighted by Crippen LogP contribution is 2.32. The predicted molar refractivity (Wildman–Crippen MR) is 108 cm³/mol. The van der Waals surface area contributed by atoms with Crippen LogP contribution in [0.2, 0.25) is 0 Å². The molecule has 6 heteroatoms. The SMILES string of the molecule is C/C=C\O/C=C/c1c(C#N)c(OCc2ccc(C(=O)O)cc2)nc2c1CCCC2. The van der Waals surface area contributed by atoms with Crippen molar-refractivity contribution in [3.63, 3.8) is 0 Å². The smallest absolute Gasteiger partial charge is 0.335 e. The zero-order chi connectivity index (χ0) is 20.6. The minimum Gasteiger partial charge on any atom is -0.478 e. The van der Waals surface area contributed by atoms with Crippen molar-refractivity contribution >= 4 is 12.0 Å². The minimum absolute atomic E-state index is 0.193. The maximum Gasteiger partial charge on any atom is 0.335 e. The van der Waals surface area contributed by atoms with E-state index >= 15 is 0 Å². The Hall–Kier alpha value is -3.59. The third kappa shape index (κ3) is 4.82. The Morgan fingerprint density at radius 3 is 2.69 bits per heavy atom. The molecular weight excluding hydrogens is 368 g/mol. The Bertz CT molecular complexity index is 985. The fourth-order valence-corrected chi connectivity index (χ4v) is 3.27. The van der Waals surface area contributed by atoms with Crippen molar-refractivity contribution < 1.29 is 19.4 Å². The summed E-state index contributed by atoms with van der Waals surface area (Å²) in [6.45, 7) is 2.05. The minimum atomic E-state index is -0.975. The van der Waals surface area contributed by atoms with Crippen LogP contribution in [0.1, 0.15) is 58.1 Å². The van der Waals surface area contributed by atoms with Gasteiger partial charge in [-0.05, 0) is 61.9 Å². The Labute approximate surface area is 169 Å². The van der Waals surface area contributed by atoms with E-state index in [1.54, 1.807) is 36.8 Å². The number of carbonyl (C=O) groups is 1. The van der Waals surface area contributed by atoms with Gasteiger partial charge in [-0.15, -0.1) is 0 Å². The van der Waals surface area contributed by atoms with E-state index in [9.17, 15) is 10.1 Å². The van der Waals surface area contributed by atoms with Gasteiger partial charge in [0.05, 0.1) is 18.1 Å². The van der Waals surface area contributed by atoms with E-state index < -0.39 is 5.97 Å². The molecule has 1 heterocycles. The highest BCUT2D eigenvalue weighted by molar-refractivity contribution is 5.87. The lowest BCUT2D eigenvalue weighted by atomic mass is 9.90. The first-order chi connectivity index (χ1) is 14.1. The normalized spacial score (nSPS) is 13.2. The molecule has 0 spiro atoms. The summed E-state index contributed by atoms with van der Waals surface area (Å²) in [6.07, 6.45) is 10.5. The lowest BCUT2D eigenvalue weighted by Gasteiger charge is -2.20. The van der Waals surface area contributed by atoms with Crippen molar-refractivity contribution in [3.8, 4) is 11.9 Å². The molecule has 0 unspecified atom stereocenters. The average Bonchev–Trinajstić information content (AvgIpc) is 2.75. The topological polar surface area (TPSA) is 92.4 Å². The number of carboxylic acids is 1. The molecule has 3 rings (SSSR count). The number of nitriles is 1. The molecule has 1 aromatic carbocycles. The van der Waals surface area contributed by atoms with Gasteiger partial charge >= 0.3 is 5.97 Å². The van der Waals surface area contributed by atoms with E-state index in [1.165, 1.54) is 12.1 Å². The molecule has 0 amide bonds. The quantitative estimate of drug-likeness (QED) is 0.693. The monoisotopic (exact) mass is 390 g/mol. The molecule has 0 bridgehead atoms. The van der Waals surface area contributed by atoms with E-state index in [0.717, 1.165) is 48.1 Å². The Morgan fingerprint density at radius 1 is 1.24 bits per heavy atom. The van der Waals surface area contributed by atoms with Gasteiger partial charge in [-0.3, -0.25) is 0 Å². The Balaban J connectivity index is 1.90. The first-order valence-corrected chi connectivity index (χ1v) is 9.48. The molecule has 2 aromatic rings. The summed E-state index contributed by atoms with van der Waals surface area (Å²) in [5, 5.41) is 18.8. The summed E-state index contributed by atoms with van der Waals surface area (Å²) in [5.41, 5.74) is 4.22. The highest BCUT2D eigenvalue weighted by atomic mass is 16.5. The highest BCUT2D eigenvalue weighted by Gasteiger charge is 2.21. The number of hydrogen-bond donors (Lipinski definition) is 1. The molecule has 1 aliphatic rings. The summed E-state index contributed by atoms with van der Waals surface area (Å²) in [5.74, 6) is -0.682. The number of ether oxygens (including phenoxy) is 2. The van der Waals surface area contributed by atoms with Gasteiger partial charge in [-0.2, -0.15) is 5.26 Å². The summed E-state index contributed by atoms with van der Waals surface area (Å²) in [7, 11) is 0. The third-order valence-corrected chi connectivity index (χ3v) is 4.70. The van der Waals surface area contributed by atoms with Gasteiger partial charge in [0, 0.05) is 11.3 Å². The lowest BCUT2D eigenvalue weighted by Crippen LogP contribution is -2.12. The van der Waals surface area contributed by atoms with Crippen LogP contribution in [0.25, 0.3) is 6.08 Å². The van der Waals surface area contributed by atoms with Crippen LogP contribution in [0.15, 0.2) is 42.9 Å². The van der Waals surface area contributed by atoms with Crippen LogP contribution in [0.4, 0.5) is 0 Å². The molecule has 1 aliphatic carbocycles. The second-order valence-corrected chi connectivity index (χ2v) is 6.65. The fourth-order valence-electron chi connectivity index (χ4n) is 3.27. The summed E-state index contributed by atoms with van der Waals surface area (Å²) < 4.78 is 11.2. The largest absolute Gasteiger partial charge is 0.478 e. The molecule has 6 nitrogen and oxygen atoms in total. The van der Waals surface area contributed by atoms with Gasteiger partial charge in [-0.25, -0.2) is 9.78 Å². The number of fused-ring (bicyclic) bond motifs is 1. The maximum absolute atomic E-state index is 11.0. The van der Waals surface area contributed by atoms with Crippen molar-refractivity contribution in [2.75, 3.05) is 0 Å². The van der Waals surface area contributed by atoms with Crippen LogP contribution in [-0.2, 0) is 24.2 Å². The number of hydrogen-bond acceptors (Lipinski definition) is 5. The number of allylic oxidation sites excluding steroid dienone is 1.